The first-order valence-electron chi connectivity index (χ1n) is 7.10. The smallest absolute Gasteiger partial charge is 0.119 e. The van der Waals surface area contributed by atoms with Crippen LogP contribution in [0.25, 0.3) is 0 Å². The molecule has 0 bridgehead atoms. The molecular weight excluding hydrogens is 238 g/mol. The average Bonchev–Trinajstić information content (AvgIpc) is 2.34. The summed E-state index contributed by atoms with van der Waals surface area (Å²) in [5, 5.41) is 3.41. The van der Waals surface area contributed by atoms with Crippen molar-refractivity contribution in [1.82, 2.24) is 5.32 Å². The number of rotatable bonds is 6. The van der Waals surface area contributed by atoms with Gasteiger partial charge in [0.1, 0.15) is 5.75 Å². The van der Waals surface area contributed by atoms with Crippen molar-refractivity contribution in [2.45, 2.75) is 50.9 Å². The van der Waals surface area contributed by atoms with Crippen LogP contribution in [-0.4, -0.2) is 25.9 Å². The molecule has 1 saturated carbocycles. The van der Waals surface area contributed by atoms with Crippen molar-refractivity contribution in [3.8, 4) is 5.75 Å². The Morgan fingerprint density at radius 1 is 1.16 bits per heavy atom. The molecular formula is C16H25NO2. The van der Waals surface area contributed by atoms with Crippen LogP contribution in [0, 0.1) is 0 Å². The van der Waals surface area contributed by atoms with Crippen molar-refractivity contribution in [1.29, 1.82) is 0 Å². The van der Waals surface area contributed by atoms with E-state index >= 15 is 0 Å². The lowest BCUT2D eigenvalue weighted by Gasteiger charge is -2.46. The first-order chi connectivity index (χ1) is 9.11. The van der Waals surface area contributed by atoms with E-state index in [0.717, 1.165) is 18.6 Å². The summed E-state index contributed by atoms with van der Waals surface area (Å²) in [6.45, 7) is 4.08. The molecule has 1 unspecified atom stereocenters. The van der Waals surface area contributed by atoms with Gasteiger partial charge in [0.05, 0.1) is 17.7 Å². The van der Waals surface area contributed by atoms with Gasteiger partial charge in [0.15, 0.2) is 0 Å². The summed E-state index contributed by atoms with van der Waals surface area (Å²) in [5.41, 5.74) is 1.23. The number of methoxy groups -OCH3 is 1. The zero-order valence-electron chi connectivity index (χ0n) is 12.4. The Kier molecular flexibility index (Phi) is 4.48. The number of hydrogen-bond donors (Lipinski definition) is 1. The van der Waals surface area contributed by atoms with Crippen LogP contribution < -0.4 is 10.1 Å². The molecule has 1 aliphatic rings. The van der Waals surface area contributed by atoms with E-state index in [1.165, 1.54) is 12.0 Å². The predicted molar refractivity (Wildman–Crippen MR) is 77.6 cm³/mol. The molecule has 1 fully saturated rings. The Bertz CT molecular complexity index is 390. The van der Waals surface area contributed by atoms with Crippen LogP contribution >= 0.6 is 0 Å². The Balaban J connectivity index is 2.15. The van der Waals surface area contributed by atoms with Crippen LogP contribution in [0.1, 0.15) is 44.7 Å². The SMILES string of the molecule is CNC(c1ccc(OC(C)C)cc1)C1(OC)CCC1. The van der Waals surface area contributed by atoms with Gasteiger partial charge >= 0.3 is 0 Å². The molecule has 0 spiro atoms. The highest BCUT2D eigenvalue weighted by molar-refractivity contribution is 5.31. The molecule has 1 atom stereocenters. The maximum atomic E-state index is 5.78. The summed E-state index contributed by atoms with van der Waals surface area (Å²) in [5.74, 6) is 0.925. The second-order valence-electron chi connectivity index (χ2n) is 5.58. The van der Waals surface area contributed by atoms with Crippen molar-refractivity contribution in [3.63, 3.8) is 0 Å². The Labute approximate surface area is 116 Å². The number of ether oxygens (including phenoxy) is 2. The second-order valence-corrected chi connectivity index (χ2v) is 5.58. The van der Waals surface area contributed by atoms with E-state index < -0.39 is 0 Å². The van der Waals surface area contributed by atoms with Crippen LogP contribution in [-0.2, 0) is 4.74 Å². The van der Waals surface area contributed by atoms with Crippen LogP contribution in [0.3, 0.4) is 0 Å². The summed E-state index contributed by atoms with van der Waals surface area (Å²) in [4.78, 5) is 0. The molecule has 1 aromatic carbocycles. The van der Waals surface area contributed by atoms with Crippen molar-refractivity contribution in [2.24, 2.45) is 0 Å². The fraction of sp³-hybridized carbons (Fsp3) is 0.625. The molecule has 19 heavy (non-hydrogen) atoms. The van der Waals surface area contributed by atoms with Crippen molar-refractivity contribution in [3.05, 3.63) is 29.8 Å². The summed E-state index contributed by atoms with van der Waals surface area (Å²) in [7, 11) is 3.82. The zero-order chi connectivity index (χ0) is 13.9. The molecule has 0 radical (unpaired) electrons. The Morgan fingerprint density at radius 3 is 2.16 bits per heavy atom. The van der Waals surface area contributed by atoms with E-state index in [2.05, 4.69) is 17.4 Å². The minimum absolute atomic E-state index is 0.0326. The van der Waals surface area contributed by atoms with Crippen LogP contribution in [0.15, 0.2) is 24.3 Å². The van der Waals surface area contributed by atoms with E-state index in [4.69, 9.17) is 9.47 Å². The maximum Gasteiger partial charge on any atom is 0.119 e. The lowest BCUT2D eigenvalue weighted by atomic mass is 9.72. The molecule has 3 nitrogen and oxygen atoms in total. The number of benzene rings is 1. The molecule has 1 N–H and O–H groups in total. The van der Waals surface area contributed by atoms with E-state index in [1.807, 2.05) is 40.1 Å². The van der Waals surface area contributed by atoms with Gasteiger partial charge in [-0.15, -0.1) is 0 Å². The maximum absolute atomic E-state index is 5.78. The lowest BCUT2D eigenvalue weighted by Crippen LogP contribution is -2.49. The summed E-state index contributed by atoms with van der Waals surface area (Å²) < 4.78 is 11.5. The molecule has 1 aliphatic carbocycles. The van der Waals surface area contributed by atoms with E-state index in [9.17, 15) is 0 Å². The largest absolute Gasteiger partial charge is 0.491 e. The fourth-order valence-corrected chi connectivity index (χ4v) is 2.88. The second kappa shape index (κ2) is 5.93. The van der Waals surface area contributed by atoms with Gasteiger partial charge in [0.25, 0.3) is 0 Å². The van der Waals surface area contributed by atoms with Gasteiger partial charge in [-0.3, -0.25) is 0 Å². The molecule has 1 aromatic rings. The normalized spacial score (nSPS) is 19.0. The van der Waals surface area contributed by atoms with Gasteiger partial charge in [-0.2, -0.15) is 0 Å². The Morgan fingerprint density at radius 2 is 1.79 bits per heavy atom. The van der Waals surface area contributed by atoms with Crippen LogP contribution in [0.5, 0.6) is 5.75 Å². The number of nitrogens with one attached hydrogen (secondary N) is 1. The monoisotopic (exact) mass is 263 g/mol. The third-order valence-electron chi connectivity index (χ3n) is 4.01. The van der Waals surface area contributed by atoms with Crippen LogP contribution in [0.2, 0.25) is 0 Å². The van der Waals surface area contributed by atoms with Crippen LogP contribution in [0.4, 0.5) is 0 Å². The van der Waals surface area contributed by atoms with Gasteiger partial charge in [0, 0.05) is 7.11 Å². The molecule has 2 rings (SSSR count). The summed E-state index contributed by atoms with van der Waals surface area (Å²) in [6.07, 6.45) is 3.71. The minimum Gasteiger partial charge on any atom is -0.491 e. The summed E-state index contributed by atoms with van der Waals surface area (Å²) in [6, 6.07) is 8.61. The molecule has 0 heterocycles. The van der Waals surface area contributed by atoms with E-state index in [0.29, 0.717) is 0 Å². The first kappa shape index (κ1) is 14.4. The van der Waals surface area contributed by atoms with Gasteiger partial charge < -0.3 is 14.8 Å². The third kappa shape index (κ3) is 2.93. The molecule has 0 amide bonds. The van der Waals surface area contributed by atoms with Crippen molar-refractivity contribution in [2.75, 3.05) is 14.2 Å². The number of likely N-dealkylation sites (N-methyl/N-ethyl adjacent to an activating group) is 1. The van der Waals surface area contributed by atoms with Gasteiger partial charge in [0.2, 0.25) is 0 Å². The van der Waals surface area contributed by atoms with Gasteiger partial charge in [-0.1, -0.05) is 12.1 Å². The average molecular weight is 263 g/mol. The standard InChI is InChI=1S/C16H25NO2/c1-12(2)19-14-8-6-13(7-9-14)15(17-3)16(18-4)10-5-11-16/h6-9,12,15,17H,5,10-11H2,1-4H3. The molecule has 0 aliphatic heterocycles. The van der Waals surface area contributed by atoms with Crippen molar-refractivity contribution >= 4 is 0 Å². The first-order valence-corrected chi connectivity index (χ1v) is 7.10. The number of hydrogen-bond acceptors (Lipinski definition) is 3. The topological polar surface area (TPSA) is 30.5 Å². The molecule has 0 saturated heterocycles. The highest BCUT2D eigenvalue weighted by Crippen LogP contribution is 2.44. The van der Waals surface area contributed by atoms with Crippen molar-refractivity contribution < 1.29 is 9.47 Å². The third-order valence-corrected chi connectivity index (χ3v) is 4.01. The molecule has 0 aromatic heterocycles. The summed E-state index contributed by atoms with van der Waals surface area (Å²) >= 11 is 0. The Hall–Kier alpha value is -1.06. The minimum atomic E-state index is -0.0326. The van der Waals surface area contributed by atoms with E-state index in [-0.39, 0.29) is 17.7 Å². The van der Waals surface area contributed by atoms with Gasteiger partial charge in [-0.05, 0) is 57.9 Å². The molecule has 106 valence electrons. The quantitative estimate of drug-likeness (QED) is 0.854. The highest BCUT2D eigenvalue weighted by Gasteiger charge is 2.44. The van der Waals surface area contributed by atoms with E-state index in [1.54, 1.807) is 0 Å². The predicted octanol–water partition coefficient (Wildman–Crippen LogP) is 3.30. The van der Waals surface area contributed by atoms with Gasteiger partial charge in [-0.25, -0.2) is 0 Å². The molecule has 3 heteroatoms. The lowest BCUT2D eigenvalue weighted by molar-refractivity contribution is -0.0983. The zero-order valence-corrected chi connectivity index (χ0v) is 12.4. The highest BCUT2D eigenvalue weighted by atomic mass is 16.5. The fourth-order valence-electron chi connectivity index (χ4n) is 2.88.